The van der Waals surface area contributed by atoms with E-state index in [1.54, 1.807) is 0 Å². The van der Waals surface area contributed by atoms with Crippen molar-refractivity contribution in [1.82, 2.24) is 10.6 Å². The summed E-state index contributed by atoms with van der Waals surface area (Å²) in [5.41, 5.74) is -1.12. The van der Waals surface area contributed by atoms with Crippen LogP contribution in [-0.2, 0) is 25.0 Å². The second-order valence-corrected chi connectivity index (χ2v) is 6.50. The van der Waals surface area contributed by atoms with Gasteiger partial charge in [0.15, 0.2) is 0 Å². The number of carboxylic acid groups (broad SMARTS) is 1. The van der Waals surface area contributed by atoms with Crippen molar-refractivity contribution < 1.29 is 37.8 Å². The largest absolute Gasteiger partial charge is 0.481 e. The average Bonchev–Trinajstić information content (AvgIpc) is 2.43. The van der Waals surface area contributed by atoms with Crippen molar-refractivity contribution in [3.8, 4) is 0 Å². The van der Waals surface area contributed by atoms with E-state index in [1.165, 1.54) is 13.8 Å². The lowest BCUT2D eigenvalue weighted by atomic mass is 9.87. The van der Waals surface area contributed by atoms with Crippen LogP contribution in [0.15, 0.2) is 0 Å². The number of hydrogen-bond donors (Lipinski definition) is 5. The van der Waals surface area contributed by atoms with Gasteiger partial charge in [-0.3, -0.25) is 9.59 Å². The first kappa shape index (κ1) is 21.1. The molecule has 11 heteroatoms. The lowest BCUT2D eigenvalue weighted by Gasteiger charge is -2.28. The summed E-state index contributed by atoms with van der Waals surface area (Å²) in [6.45, 7) is 2.44. The Morgan fingerprint density at radius 1 is 1.17 bits per heavy atom. The van der Waals surface area contributed by atoms with Gasteiger partial charge >= 0.3 is 12.1 Å². The number of aliphatic hydroxyl groups excluding tert-OH is 1. The van der Waals surface area contributed by atoms with E-state index in [1.807, 2.05) is 0 Å². The summed E-state index contributed by atoms with van der Waals surface area (Å²) >= 11 is 0. The zero-order chi connectivity index (χ0) is 18.0. The smallest absolute Gasteiger partial charge is 0.407 e. The van der Waals surface area contributed by atoms with Crippen LogP contribution in [0.1, 0.15) is 20.3 Å². The van der Waals surface area contributed by atoms with Crippen molar-refractivity contribution in [1.29, 1.82) is 0 Å². The molecule has 0 aliphatic rings. The van der Waals surface area contributed by atoms with Crippen LogP contribution in [0.5, 0.6) is 0 Å². The third kappa shape index (κ3) is 9.68. The van der Waals surface area contributed by atoms with Gasteiger partial charge in [-0.25, -0.2) is 13.2 Å². The topological polar surface area (TPSA) is 159 Å². The maximum atomic E-state index is 11.7. The lowest BCUT2D eigenvalue weighted by molar-refractivity contribution is -0.138. The maximum Gasteiger partial charge on any atom is 0.407 e. The molecule has 0 aromatic rings. The van der Waals surface area contributed by atoms with Crippen molar-refractivity contribution in [2.45, 2.75) is 26.4 Å². The molecule has 134 valence electrons. The SMILES string of the molecule is CC(C)(COC(=O)NCC[SH](=O)=O)[C@@H](O)C(=O)NCCC(=O)O. The first-order valence-corrected chi connectivity index (χ1v) is 8.12. The number of carbonyl (C=O) groups excluding carboxylic acids is 2. The van der Waals surface area contributed by atoms with Crippen LogP contribution in [0.3, 0.4) is 0 Å². The van der Waals surface area contributed by atoms with Crippen LogP contribution < -0.4 is 10.6 Å². The zero-order valence-corrected chi connectivity index (χ0v) is 13.8. The minimum Gasteiger partial charge on any atom is -0.481 e. The highest BCUT2D eigenvalue weighted by Crippen LogP contribution is 2.21. The van der Waals surface area contributed by atoms with E-state index in [-0.39, 0.29) is 31.9 Å². The molecule has 0 radical (unpaired) electrons. The molecule has 2 amide bonds. The molecule has 0 aromatic carbocycles. The van der Waals surface area contributed by atoms with Gasteiger partial charge in [0, 0.05) is 18.5 Å². The number of hydrogen-bond acceptors (Lipinski definition) is 7. The van der Waals surface area contributed by atoms with Gasteiger partial charge in [0.1, 0.15) is 23.4 Å². The van der Waals surface area contributed by atoms with Gasteiger partial charge in [0.2, 0.25) is 5.91 Å². The molecule has 0 spiro atoms. The standard InChI is InChI=1S/C12H22N2O8S/c1-12(2,7-22-11(19)14-5-6-23(20)21)9(17)10(18)13-4-3-8(15)16/h9,17,23H,3-7H2,1-2H3,(H,13,18)(H,14,19)(H,15,16)/t9-/m0/s1. The quantitative estimate of drug-likeness (QED) is 0.290. The van der Waals surface area contributed by atoms with Crippen LogP contribution in [0.4, 0.5) is 4.79 Å². The number of thiol groups is 1. The number of rotatable bonds is 10. The Kier molecular flexibility index (Phi) is 9.18. The molecule has 23 heavy (non-hydrogen) atoms. The fourth-order valence-corrected chi connectivity index (χ4v) is 1.67. The number of aliphatic carboxylic acids is 1. The van der Waals surface area contributed by atoms with E-state index >= 15 is 0 Å². The van der Waals surface area contributed by atoms with E-state index in [0.29, 0.717) is 0 Å². The Labute approximate surface area is 135 Å². The molecule has 0 fully saturated rings. The van der Waals surface area contributed by atoms with E-state index < -0.39 is 40.2 Å². The molecule has 0 aliphatic heterocycles. The molecule has 0 saturated carbocycles. The highest BCUT2D eigenvalue weighted by atomic mass is 32.2. The summed E-state index contributed by atoms with van der Waals surface area (Å²) in [5.74, 6) is -2.08. The van der Waals surface area contributed by atoms with Crippen LogP contribution in [0.25, 0.3) is 0 Å². The molecular weight excluding hydrogens is 332 g/mol. The molecule has 4 N–H and O–H groups in total. The number of carbonyl (C=O) groups is 3. The summed E-state index contributed by atoms with van der Waals surface area (Å²) in [5, 5.41) is 22.9. The van der Waals surface area contributed by atoms with Crippen molar-refractivity contribution in [3.63, 3.8) is 0 Å². The van der Waals surface area contributed by atoms with Gasteiger partial charge in [-0.2, -0.15) is 0 Å². The highest BCUT2D eigenvalue weighted by Gasteiger charge is 2.34. The van der Waals surface area contributed by atoms with E-state index in [9.17, 15) is 27.9 Å². The van der Waals surface area contributed by atoms with Gasteiger partial charge in [-0.1, -0.05) is 13.8 Å². The number of carboxylic acids is 1. The van der Waals surface area contributed by atoms with E-state index in [0.717, 1.165) is 0 Å². The predicted molar refractivity (Wildman–Crippen MR) is 79.6 cm³/mol. The molecule has 0 heterocycles. The highest BCUT2D eigenvalue weighted by molar-refractivity contribution is 7.72. The Hall–Kier alpha value is -1.88. The molecular formula is C12H22N2O8S. The summed E-state index contributed by atoms with van der Waals surface area (Å²) < 4.78 is 25.5. The molecule has 0 aliphatic carbocycles. The van der Waals surface area contributed by atoms with Gasteiger partial charge in [0.25, 0.3) is 0 Å². The first-order chi connectivity index (χ1) is 10.6. The minimum atomic E-state index is -2.60. The number of alkyl carbamates (subject to hydrolysis) is 1. The Morgan fingerprint density at radius 2 is 1.78 bits per heavy atom. The normalized spacial score (nSPS) is 12.5. The Balaban J connectivity index is 4.25. The van der Waals surface area contributed by atoms with Crippen molar-refractivity contribution in [2.24, 2.45) is 5.41 Å². The van der Waals surface area contributed by atoms with Gasteiger partial charge in [0.05, 0.1) is 12.2 Å². The predicted octanol–water partition coefficient (Wildman–Crippen LogP) is -1.70. The molecule has 0 bridgehead atoms. The lowest BCUT2D eigenvalue weighted by Crippen LogP contribution is -2.47. The Bertz CT molecular complexity index is 495. The first-order valence-electron chi connectivity index (χ1n) is 6.76. The Morgan fingerprint density at radius 3 is 2.30 bits per heavy atom. The average molecular weight is 354 g/mol. The molecule has 0 aromatic heterocycles. The van der Waals surface area contributed by atoms with Gasteiger partial charge in [-0.15, -0.1) is 0 Å². The molecule has 10 nitrogen and oxygen atoms in total. The zero-order valence-electron chi connectivity index (χ0n) is 12.9. The minimum absolute atomic E-state index is 0.101. The molecule has 0 unspecified atom stereocenters. The van der Waals surface area contributed by atoms with Crippen LogP contribution in [0.2, 0.25) is 0 Å². The maximum absolute atomic E-state index is 11.7. The van der Waals surface area contributed by atoms with Crippen LogP contribution >= 0.6 is 0 Å². The van der Waals surface area contributed by atoms with E-state index in [4.69, 9.17) is 9.84 Å². The molecule has 0 rings (SSSR count). The van der Waals surface area contributed by atoms with Crippen LogP contribution in [0, 0.1) is 5.41 Å². The summed E-state index contributed by atoms with van der Waals surface area (Å²) in [4.78, 5) is 33.4. The third-order valence-corrected chi connectivity index (χ3v) is 3.35. The summed E-state index contributed by atoms with van der Waals surface area (Å²) in [6.07, 6.45) is -2.66. The van der Waals surface area contributed by atoms with E-state index in [2.05, 4.69) is 10.6 Å². The molecule has 0 saturated heterocycles. The van der Waals surface area contributed by atoms with Crippen LogP contribution in [-0.4, -0.2) is 68.2 Å². The van der Waals surface area contributed by atoms with Gasteiger partial charge in [-0.05, 0) is 0 Å². The monoisotopic (exact) mass is 354 g/mol. The summed E-state index contributed by atoms with van der Waals surface area (Å²) in [6, 6.07) is 0. The second-order valence-electron chi connectivity index (χ2n) is 5.39. The number of ether oxygens (including phenoxy) is 1. The van der Waals surface area contributed by atoms with Gasteiger partial charge < -0.3 is 25.6 Å². The summed E-state index contributed by atoms with van der Waals surface area (Å²) in [7, 11) is -2.60. The fourth-order valence-electron chi connectivity index (χ4n) is 1.37. The number of aliphatic hydroxyl groups is 1. The fraction of sp³-hybridized carbons (Fsp3) is 0.750. The third-order valence-electron chi connectivity index (χ3n) is 2.77. The van der Waals surface area contributed by atoms with Crippen molar-refractivity contribution >= 4 is 28.7 Å². The second kappa shape index (κ2) is 10.0. The number of amides is 2. The van der Waals surface area contributed by atoms with Crippen molar-refractivity contribution in [3.05, 3.63) is 0 Å². The number of nitrogens with one attached hydrogen (secondary N) is 2. The molecule has 1 atom stereocenters. The van der Waals surface area contributed by atoms with Crippen molar-refractivity contribution in [2.75, 3.05) is 25.4 Å².